The van der Waals surface area contributed by atoms with Gasteiger partial charge in [0.1, 0.15) is 12.4 Å². The summed E-state index contributed by atoms with van der Waals surface area (Å²) in [5.41, 5.74) is 0. The van der Waals surface area contributed by atoms with Gasteiger partial charge in [0, 0.05) is 6.07 Å². The summed E-state index contributed by atoms with van der Waals surface area (Å²) < 4.78 is 23.1. The summed E-state index contributed by atoms with van der Waals surface area (Å²) in [5.74, 6) is 0.0974. The van der Waals surface area contributed by atoms with Crippen LogP contribution in [0.2, 0.25) is 0 Å². The summed E-state index contributed by atoms with van der Waals surface area (Å²) in [6.45, 7) is 2.02. The number of rotatable bonds is 5. The Labute approximate surface area is 88.4 Å². The van der Waals surface area contributed by atoms with Crippen molar-refractivity contribution in [3.8, 4) is 11.5 Å². The van der Waals surface area contributed by atoms with Crippen LogP contribution in [0.3, 0.4) is 0 Å². The lowest BCUT2D eigenvalue weighted by Gasteiger charge is -2.10. The van der Waals surface area contributed by atoms with Crippen molar-refractivity contribution in [1.29, 1.82) is 0 Å². The second-order valence-corrected chi connectivity index (χ2v) is 3.17. The molecule has 0 saturated carbocycles. The van der Waals surface area contributed by atoms with Crippen molar-refractivity contribution >= 4 is 0 Å². The van der Waals surface area contributed by atoms with Gasteiger partial charge in [0.15, 0.2) is 11.6 Å². The highest BCUT2D eigenvalue weighted by atomic mass is 19.1. The molecule has 1 N–H and O–H groups in total. The van der Waals surface area contributed by atoms with Crippen molar-refractivity contribution in [1.82, 2.24) is 0 Å². The predicted molar refractivity (Wildman–Crippen MR) is 54.7 cm³/mol. The van der Waals surface area contributed by atoms with Crippen LogP contribution >= 0.6 is 0 Å². The Hall–Kier alpha value is -1.29. The van der Waals surface area contributed by atoms with E-state index in [0.29, 0.717) is 12.2 Å². The second-order valence-electron chi connectivity index (χ2n) is 3.17. The molecule has 0 aliphatic heterocycles. The third kappa shape index (κ3) is 3.40. The van der Waals surface area contributed by atoms with Crippen LogP contribution in [-0.4, -0.2) is 24.9 Å². The minimum absolute atomic E-state index is 0.169. The van der Waals surface area contributed by atoms with Crippen LogP contribution in [0, 0.1) is 5.82 Å². The lowest BCUT2D eigenvalue weighted by Crippen LogP contribution is -2.16. The third-order valence-electron chi connectivity index (χ3n) is 2.04. The Balaban J connectivity index is 2.59. The molecule has 0 radical (unpaired) electrons. The van der Waals surface area contributed by atoms with E-state index in [9.17, 15) is 9.50 Å². The number of hydrogen-bond donors (Lipinski definition) is 1. The van der Waals surface area contributed by atoms with Crippen LogP contribution in [-0.2, 0) is 0 Å². The summed E-state index contributed by atoms with van der Waals surface area (Å²) >= 11 is 0. The maximum atomic E-state index is 13.2. The first-order chi connectivity index (χ1) is 7.17. The topological polar surface area (TPSA) is 38.7 Å². The fourth-order valence-electron chi connectivity index (χ4n) is 1.05. The molecule has 1 rings (SSSR count). The second kappa shape index (κ2) is 5.56. The molecule has 15 heavy (non-hydrogen) atoms. The van der Waals surface area contributed by atoms with Gasteiger partial charge in [-0.15, -0.1) is 0 Å². The number of halogens is 1. The zero-order chi connectivity index (χ0) is 11.3. The molecule has 0 saturated heterocycles. The zero-order valence-corrected chi connectivity index (χ0v) is 8.87. The maximum absolute atomic E-state index is 13.2. The van der Waals surface area contributed by atoms with Crippen LogP contribution in [0.4, 0.5) is 4.39 Å². The van der Waals surface area contributed by atoms with Crippen molar-refractivity contribution in [2.45, 2.75) is 19.4 Å². The van der Waals surface area contributed by atoms with Gasteiger partial charge in [-0.25, -0.2) is 4.39 Å². The Bertz CT molecular complexity index is 315. The van der Waals surface area contributed by atoms with Crippen molar-refractivity contribution in [3.63, 3.8) is 0 Å². The Morgan fingerprint density at radius 2 is 2.20 bits per heavy atom. The van der Waals surface area contributed by atoms with Gasteiger partial charge in [-0.1, -0.05) is 6.92 Å². The third-order valence-corrected chi connectivity index (χ3v) is 2.04. The van der Waals surface area contributed by atoms with Gasteiger partial charge in [-0.2, -0.15) is 0 Å². The molecule has 3 nitrogen and oxygen atoms in total. The molecular weight excluding hydrogens is 199 g/mol. The molecule has 1 aromatic rings. The molecule has 0 aromatic heterocycles. The highest BCUT2D eigenvalue weighted by molar-refractivity contribution is 5.32. The van der Waals surface area contributed by atoms with Gasteiger partial charge in [0.25, 0.3) is 0 Å². The highest BCUT2D eigenvalue weighted by Crippen LogP contribution is 2.22. The molecule has 4 heteroatoms. The molecule has 84 valence electrons. The van der Waals surface area contributed by atoms with Gasteiger partial charge in [-0.05, 0) is 18.6 Å². The van der Waals surface area contributed by atoms with E-state index < -0.39 is 11.9 Å². The first-order valence-electron chi connectivity index (χ1n) is 4.81. The van der Waals surface area contributed by atoms with E-state index in [4.69, 9.17) is 9.47 Å². The summed E-state index contributed by atoms with van der Waals surface area (Å²) in [4.78, 5) is 0. The van der Waals surface area contributed by atoms with Crippen molar-refractivity contribution in [2.24, 2.45) is 0 Å². The molecule has 0 amide bonds. The molecule has 0 aliphatic carbocycles. The van der Waals surface area contributed by atoms with Gasteiger partial charge < -0.3 is 14.6 Å². The molecule has 0 fully saturated rings. The van der Waals surface area contributed by atoms with Crippen LogP contribution in [0.1, 0.15) is 13.3 Å². The smallest absolute Gasteiger partial charge is 0.168 e. The van der Waals surface area contributed by atoms with Gasteiger partial charge in [0.2, 0.25) is 0 Å². The average molecular weight is 214 g/mol. The lowest BCUT2D eigenvalue weighted by atomic mass is 10.3. The van der Waals surface area contributed by atoms with E-state index in [1.807, 2.05) is 6.92 Å². The van der Waals surface area contributed by atoms with Gasteiger partial charge >= 0.3 is 0 Å². The Morgan fingerprint density at radius 1 is 1.47 bits per heavy atom. The van der Waals surface area contributed by atoms with Gasteiger partial charge in [-0.3, -0.25) is 0 Å². The number of ether oxygens (including phenoxy) is 2. The van der Waals surface area contributed by atoms with Crippen LogP contribution in [0.25, 0.3) is 0 Å². The molecule has 1 aromatic carbocycles. The van der Waals surface area contributed by atoms with E-state index in [-0.39, 0.29) is 12.4 Å². The molecule has 0 aliphatic rings. The molecule has 0 bridgehead atoms. The lowest BCUT2D eigenvalue weighted by molar-refractivity contribution is 0.104. The summed E-state index contributed by atoms with van der Waals surface area (Å²) in [6.07, 6.45) is 0.0914. The molecular formula is C11H15FO3. The quantitative estimate of drug-likeness (QED) is 0.814. The highest BCUT2D eigenvalue weighted by Gasteiger charge is 2.06. The molecule has 0 spiro atoms. The largest absolute Gasteiger partial charge is 0.494 e. The van der Waals surface area contributed by atoms with Crippen LogP contribution < -0.4 is 9.47 Å². The summed E-state index contributed by atoms with van der Waals surface area (Å²) in [5, 5.41) is 9.25. The standard InChI is InChI=1S/C11H15FO3/c1-3-8(13)7-15-9-4-5-11(14-2)10(12)6-9/h4-6,8,13H,3,7H2,1-2H3/t8-/m0/s1. The molecule has 1 atom stereocenters. The first kappa shape index (κ1) is 11.8. The number of methoxy groups -OCH3 is 1. The fraction of sp³-hybridized carbons (Fsp3) is 0.455. The van der Waals surface area contributed by atoms with Crippen LogP contribution in [0.5, 0.6) is 11.5 Å². The minimum Gasteiger partial charge on any atom is -0.494 e. The first-order valence-corrected chi connectivity index (χ1v) is 4.81. The Morgan fingerprint density at radius 3 is 2.73 bits per heavy atom. The van der Waals surface area contributed by atoms with E-state index in [2.05, 4.69) is 0 Å². The van der Waals surface area contributed by atoms with Crippen molar-refractivity contribution < 1.29 is 19.0 Å². The summed E-state index contributed by atoms with van der Waals surface area (Å²) in [7, 11) is 1.40. The Kier molecular flexibility index (Phi) is 4.37. The van der Waals surface area contributed by atoms with E-state index in [1.165, 1.54) is 19.2 Å². The number of benzene rings is 1. The normalized spacial score (nSPS) is 12.3. The van der Waals surface area contributed by atoms with E-state index in [0.717, 1.165) is 0 Å². The van der Waals surface area contributed by atoms with E-state index in [1.54, 1.807) is 6.07 Å². The van der Waals surface area contributed by atoms with Gasteiger partial charge in [0.05, 0.1) is 13.2 Å². The SMILES string of the molecule is CC[C@H](O)COc1ccc(OC)c(F)c1. The summed E-state index contributed by atoms with van der Waals surface area (Å²) in [6, 6.07) is 4.33. The fourth-order valence-corrected chi connectivity index (χ4v) is 1.05. The minimum atomic E-state index is -0.518. The molecule has 0 heterocycles. The van der Waals surface area contributed by atoms with E-state index >= 15 is 0 Å². The van der Waals surface area contributed by atoms with Crippen molar-refractivity contribution in [2.75, 3.05) is 13.7 Å². The average Bonchev–Trinajstić information content (AvgIpc) is 2.26. The molecule has 0 unspecified atom stereocenters. The maximum Gasteiger partial charge on any atom is 0.168 e. The monoisotopic (exact) mass is 214 g/mol. The van der Waals surface area contributed by atoms with Crippen molar-refractivity contribution in [3.05, 3.63) is 24.0 Å². The predicted octanol–water partition coefficient (Wildman–Crippen LogP) is 1.98. The number of aliphatic hydroxyl groups excluding tert-OH is 1. The number of hydrogen-bond acceptors (Lipinski definition) is 3. The van der Waals surface area contributed by atoms with Crippen LogP contribution in [0.15, 0.2) is 18.2 Å². The zero-order valence-electron chi connectivity index (χ0n) is 8.87. The number of aliphatic hydroxyl groups is 1.